The van der Waals surface area contributed by atoms with Gasteiger partial charge in [-0.05, 0) is 83.6 Å². The molecule has 2 heterocycles. The predicted molar refractivity (Wildman–Crippen MR) is 172 cm³/mol. The van der Waals surface area contributed by atoms with Crippen LogP contribution in [0.4, 0.5) is 10.5 Å². The molecule has 0 bridgehead atoms. The molecule has 0 radical (unpaired) electrons. The van der Waals surface area contributed by atoms with E-state index in [1.165, 1.54) is 6.92 Å². The first kappa shape index (κ1) is 33.3. The highest BCUT2D eigenvalue weighted by molar-refractivity contribution is 6.37. The van der Waals surface area contributed by atoms with Gasteiger partial charge in [0, 0.05) is 23.8 Å². The number of nitrogens with one attached hydrogen (secondary N) is 3. The SMILES string of the molecule is CC(=O)c1cnc2ccc(-c3cc(Cl)c(O)c(Cl)c3)nc2c1NC1CCC(NC(=O)C(NC(=O)OC(C)(C)C)C(C)C)CC1. The third-order valence-electron chi connectivity index (χ3n) is 7.45. The second-order valence-corrected chi connectivity index (χ2v) is 13.3. The highest BCUT2D eigenvalue weighted by atomic mass is 35.5. The van der Waals surface area contributed by atoms with Gasteiger partial charge in [-0.3, -0.25) is 14.6 Å². The quantitative estimate of drug-likeness (QED) is 0.194. The zero-order chi connectivity index (χ0) is 32.3. The Hall–Kier alpha value is -3.63. The number of amides is 2. The van der Waals surface area contributed by atoms with Crippen LogP contribution in [0.1, 0.15) is 77.6 Å². The normalized spacial score (nSPS) is 17.7. The van der Waals surface area contributed by atoms with Gasteiger partial charge < -0.3 is 25.8 Å². The Morgan fingerprint density at radius 1 is 1.02 bits per heavy atom. The molecule has 3 aromatic rings. The topological polar surface area (TPSA) is 143 Å². The lowest BCUT2D eigenvalue weighted by Gasteiger charge is -2.32. The largest absolute Gasteiger partial charge is 0.505 e. The number of halogens is 2. The second kappa shape index (κ2) is 13.6. The summed E-state index contributed by atoms with van der Waals surface area (Å²) in [6, 6.07) is 5.99. The minimum Gasteiger partial charge on any atom is -0.505 e. The van der Waals surface area contributed by atoms with Crippen LogP contribution in [0.3, 0.4) is 0 Å². The highest BCUT2D eigenvalue weighted by Crippen LogP contribution is 2.37. The monoisotopic (exact) mass is 643 g/mol. The molecule has 1 unspecified atom stereocenters. The molecule has 0 saturated heterocycles. The molecule has 10 nitrogen and oxygen atoms in total. The Morgan fingerprint density at radius 3 is 2.20 bits per heavy atom. The molecule has 1 atom stereocenters. The van der Waals surface area contributed by atoms with Crippen molar-refractivity contribution < 1.29 is 24.2 Å². The number of nitrogens with zero attached hydrogens (tertiary/aromatic N) is 2. The van der Waals surface area contributed by atoms with Crippen molar-refractivity contribution in [3.05, 3.63) is 46.1 Å². The van der Waals surface area contributed by atoms with Crippen molar-refractivity contribution >= 4 is 57.7 Å². The number of ether oxygens (including phenoxy) is 1. The molecular weight excluding hydrogens is 605 g/mol. The number of phenols is 1. The molecule has 1 aromatic carbocycles. The maximum atomic E-state index is 13.1. The molecule has 236 valence electrons. The number of hydrogen-bond acceptors (Lipinski definition) is 8. The molecule has 2 aromatic heterocycles. The van der Waals surface area contributed by atoms with Crippen LogP contribution in [-0.2, 0) is 9.53 Å². The average molecular weight is 645 g/mol. The minimum absolute atomic E-state index is 0.0238. The Bertz CT molecular complexity index is 1540. The maximum Gasteiger partial charge on any atom is 0.408 e. The van der Waals surface area contributed by atoms with E-state index in [1.807, 2.05) is 19.9 Å². The Labute approximate surface area is 267 Å². The lowest BCUT2D eigenvalue weighted by Crippen LogP contribution is -2.53. The second-order valence-electron chi connectivity index (χ2n) is 12.5. The summed E-state index contributed by atoms with van der Waals surface area (Å²) in [4.78, 5) is 47.3. The van der Waals surface area contributed by atoms with Gasteiger partial charge in [-0.2, -0.15) is 0 Å². The summed E-state index contributed by atoms with van der Waals surface area (Å²) in [6.45, 7) is 10.5. The number of phenolic OH excluding ortho intramolecular Hbond substituents is 1. The number of aromatic hydroxyl groups is 1. The summed E-state index contributed by atoms with van der Waals surface area (Å²) >= 11 is 12.3. The van der Waals surface area contributed by atoms with Crippen molar-refractivity contribution in [1.82, 2.24) is 20.6 Å². The van der Waals surface area contributed by atoms with E-state index >= 15 is 0 Å². The van der Waals surface area contributed by atoms with E-state index in [9.17, 15) is 19.5 Å². The van der Waals surface area contributed by atoms with Crippen molar-refractivity contribution in [3.8, 4) is 17.0 Å². The van der Waals surface area contributed by atoms with E-state index in [-0.39, 0.29) is 45.5 Å². The van der Waals surface area contributed by atoms with Crippen LogP contribution < -0.4 is 16.0 Å². The van der Waals surface area contributed by atoms with Gasteiger partial charge in [0.1, 0.15) is 17.2 Å². The standard InChI is InChI=1S/C32H39Cl2N5O5/c1-16(2)26(39-31(43)44-32(4,5)6)30(42)37-20-9-7-19(8-10-20)36-27-21(17(3)40)15-35-25-12-11-24(38-28(25)27)18-13-22(33)29(41)23(34)14-18/h11-16,19-20,26,41H,7-10H2,1-6H3,(H,35,36)(H,37,42)(H,39,43). The lowest BCUT2D eigenvalue weighted by atomic mass is 9.90. The van der Waals surface area contributed by atoms with E-state index in [1.54, 1.807) is 45.2 Å². The molecule has 1 saturated carbocycles. The summed E-state index contributed by atoms with van der Waals surface area (Å²) in [5.74, 6) is -0.724. The van der Waals surface area contributed by atoms with Crippen molar-refractivity contribution in [3.63, 3.8) is 0 Å². The molecule has 0 aliphatic heterocycles. The zero-order valence-corrected chi connectivity index (χ0v) is 27.3. The molecule has 4 N–H and O–H groups in total. The van der Waals surface area contributed by atoms with Crippen LogP contribution in [0.2, 0.25) is 10.0 Å². The van der Waals surface area contributed by atoms with Crippen LogP contribution in [0.15, 0.2) is 30.5 Å². The van der Waals surface area contributed by atoms with Gasteiger partial charge in [0.25, 0.3) is 0 Å². The number of alkyl carbamates (subject to hydrolysis) is 1. The first-order chi connectivity index (χ1) is 20.6. The van der Waals surface area contributed by atoms with Crippen LogP contribution in [0.25, 0.3) is 22.3 Å². The molecule has 4 rings (SSSR count). The Balaban J connectivity index is 1.49. The van der Waals surface area contributed by atoms with Gasteiger partial charge in [-0.15, -0.1) is 0 Å². The van der Waals surface area contributed by atoms with Crippen LogP contribution in [0, 0.1) is 5.92 Å². The van der Waals surface area contributed by atoms with Gasteiger partial charge in [-0.1, -0.05) is 37.0 Å². The number of anilines is 1. The number of carbonyl (C=O) groups excluding carboxylic acids is 3. The van der Waals surface area contributed by atoms with E-state index in [0.717, 1.165) is 12.8 Å². The van der Waals surface area contributed by atoms with E-state index in [4.69, 9.17) is 32.9 Å². The van der Waals surface area contributed by atoms with E-state index < -0.39 is 17.7 Å². The average Bonchev–Trinajstić information content (AvgIpc) is 2.94. The molecule has 2 amide bonds. The van der Waals surface area contributed by atoms with E-state index in [2.05, 4.69) is 20.9 Å². The molecule has 1 aliphatic carbocycles. The highest BCUT2D eigenvalue weighted by Gasteiger charge is 2.30. The van der Waals surface area contributed by atoms with Gasteiger partial charge in [0.05, 0.1) is 32.5 Å². The Kier molecular flexibility index (Phi) is 10.3. The third-order valence-corrected chi connectivity index (χ3v) is 8.02. The van der Waals surface area contributed by atoms with Crippen LogP contribution >= 0.6 is 23.2 Å². The fourth-order valence-corrected chi connectivity index (χ4v) is 5.69. The molecule has 1 fully saturated rings. The fraction of sp³-hybridized carbons (Fsp3) is 0.469. The number of carbonyl (C=O) groups is 3. The summed E-state index contributed by atoms with van der Waals surface area (Å²) in [5, 5.41) is 19.5. The number of pyridine rings is 2. The van der Waals surface area contributed by atoms with Crippen molar-refractivity contribution in [1.29, 1.82) is 0 Å². The number of hydrogen-bond donors (Lipinski definition) is 4. The molecule has 1 aliphatic rings. The molecule has 0 spiro atoms. The third kappa shape index (κ3) is 8.09. The summed E-state index contributed by atoms with van der Waals surface area (Å²) in [6.07, 6.45) is 3.82. The maximum absolute atomic E-state index is 13.1. The summed E-state index contributed by atoms with van der Waals surface area (Å²) < 4.78 is 5.34. The number of Topliss-reactive ketones (excluding diaryl/α,β-unsaturated/α-hetero) is 1. The van der Waals surface area contributed by atoms with Gasteiger partial charge in [0.2, 0.25) is 5.91 Å². The van der Waals surface area contributed by atoms with Gasteiger partial charge >= 0.3 is 6.09 Å². The smallest absolute Gasteiger partial charge is 0.408 e. The number of ketones is 1. The first-order valence-electron chi connectivity index (χ1n) is 14.7. The number of fused-ring (bicyclic) bond motifs is 1. The number of rotatable bonds is 8. The number of aromatic nitrogens is 2. The fourth-order valence-electron chi connectivity index (χ4n) is 5.20. The zero-order valence-electron chi connectivity index (χ0n) is 25.8. The molecule has 44 heavy (non-hydrogen) atoms. The van der Waals surface area contributed by atoms with Crippen molar-refractivity contribution in [2.45, 2.75) is 91.0 Å². The molecular formula is C32H39Cl2N5O5. The van der Waals surface area contributed by atoms with Crippen molar-refractivity contribution in [2.24, 2.45) is 5.92 Å². The summed E-state index contributed by atoms with van der Waals surface area (Å²) in [7, 11) is 0. The van der Waals surface area contributed by atoms with Gasteiger partial charge in [0.15, 0.2) is 11.5 Å². The lowest BCUT2D eigenvalue weighted by molar-refractivity contribution is -0.125. The van der Waals surface area contributed by atoms with Crippen LogP contribution in [-0.4, -0.2) is 56.6 Å². The summed E-state index contributed by atoms with van der Waals surface area (Å²) in [5.41, 5.74) is 2.64. The number of benzene rings is 1. The van der Waals surface area contributed by atoms with E-state index in [0.29, 0.717) is 46.4 Å². The van der Waals surface area contributed by atoms with Crippen molar-refractivity contribution in [2.75, 3.05) is 5.32 Å². The van der Waals surface area contributed by atoms with Crippen LogP contribution in [0.5, 0.6) is 5.75 Å². The van der Waals surface area contributed by atoms with Gasteiger partial charge in [-0.25, -0.2) is 9.78 Å². The Morgan fingerprint density at radius 2 is 1.64 bits per heavy atom. The molecule has 12 heteroatoms. The first-order valence-corrected chi connectivity index (χ1v) is 15.4. The predicted octanol–water partition coefficient (Wildman–Crippen LogP) is 6.90. The minimum atomic E-state index is -0.722.